The van der Waals surface area contributed by atoms with E-state index in [0.29, 0.717) is 35.4 Å². The van der Waals surface area contributed by atoms with Gasteiger partial charge in [0.05, 0.1) is 29.7 Å². The number of nitrogens with zero attached hydrogens (tertiary/aromatic N) is 5. The van der Waals surface area contributed by atoms with Crippen LogP contribution in [0.25, 0.3) is 33.4 Å². The molecule has 12 heteroatoms. The molecule has 6 rings (SSSR count). The zero-order valence-electron chi connectivity index (χ0n) is 23.0. The van der Waals surface area contributed by atoms with Gasteiger partial charge in [0.1, 0.15) is 5.65 Å². The van der Waals surface area contributed by atoms with Crippen LogP contribution in [0.5, 0.6) is 0 Å². The summed E-state index contributed by atoms with van der Waals surface area (Å²) in [6.07, 6.45) is 1.73. The molecule has 0 unspecified atom stereocenters. The molecule has 2 aromatic carbocycles. The van der Waals surface area contributed by atoms with Crippen LogP contribution in [0.3, 0.4) is 0 Å². The van der Waals surface area contributed by atoms with Gasteiger partial charge in [-0.3, -0.25) is 14.3 Å². The van der Waals surface area contributed by atoms with Crippen molar-refractivity contribution in [3.05, 3.63) is 99.3 Å². The third-order valence-corrected chi connectivity index (χ3v) is 7.66. The minimum atomic E-state index is -4.60. The molecule has 8 nitrogen and oxygen atoms in total. The number of pyridine rings is 1. The number of nitrogens with one attached hydrogen (secondary N) is 1. The van der Waals surface area contributed by atoms with Crippen LogP contribution in [-0.4, -0.2) is 43.8 Å². The number of alkyl halides is 3. The molecule has 43 heavy (non-hydrogen) atoms. The number of aromatic nitrogens is 5. The topological polar surface area (TPSA) is 94.8 Å². The van der Waals surface area contributed by atoms with E-state index >= 15 is 0 Å². The van der Waals surface area contributed by atoms with Crippen LogP contribution in [0, 0.1) is 6.92 Å². The summed E-state index contributed by atoms with van der Waals surface area (Å²) in [6, 6.07) is 12.0. The number of aryl methyl sites for hydroxylation is 1. The average Bonchev–Trinajstić information content (AvgIpc) is 2.99. The highest BCUT2D eigenvalue weighted by atomic mass is 35.5. The van der Waals surface area contributed by atoms with Crippen LogP contribution < -0.4 is 10.9 Å². The van der Waals surface area contributed by atoms with E-state index in [1.807, 2.05) is 6.92 Å². The molecule has 1 saturated heterocycles. The predicted octanol–water partition coefficient (Wildman–Crippen LogP) is 6.54. The summed E-state index contributed by atoms with van der Waals surface area (Å²) < 4.78 is 48.5. The minimum Gasteiger partial charge on any atom is -0.381 e. The second kappa shape index (κ2) is 11.7. The number of rotatable bonds is 6. The van der Waals surface area contributed by atoms with Gasteiger partial charge in [-0.25, -0.2) is 9.97 Å². The van der Waals surface area contributed by atoms with E-state index in [1.165, 1.54) is 22.8 Å². The zero-order chi connectivity index (χ0) is 30.1. The van der Waals surface area contributed by atoms with Crippen molar-refractivity contribution < 1.29 is 17.9 Å². The first-order valence-corrected chi connectivity index (χ1v) is 14.0. The molecular formula is C31H26ClF3N6O2. The van der Waals surface area contributed by atoms with E-state index in [2.05, 4.69) is 25.3 Å². The Bertz CT molecular complexity index is 1870. The molecule has 5 aromatic rings. The molecule has 0 aliphatic carbocycles. The van der Waals surface area contributed by atoms with Crippen LogP contribution in [0.15, 0.2) is 71.9 Å². The lowest BCUT2D eigenvalue weighted by Crippen LogP contribution is -2.29. The first kappa shape index (κ1) is 28.8. The molecule has 0 spiro atoms. The number of fused-ring (bicyclic) bond motifs is 1. The molecule has 4 heterocycles. The van der Waals surface area contributed by atoms with E-state index in [9.17, 15) is 18.0 Å². The summed E-state index contributed by atoms with van der Waals surface area (Å²) in [7, 11) is 0. The Labute approximate surface area is 249 Å². The molecule has 1 aliphatic rings. The smallest absolute Gasteiger partial charge is 0.381 e. The standard InChI is InChI=1S/C31H26ClF3N6O2/c1-18-14-36-16-27(38-18)19-6-7-23(26(32)13-19)24-12-21-15-37-30(39-22-8-10-43-11-9-22)40-28(21)41(29(24)42)17-20-4-2-3-5-25(20)31(33,34)35/h2-7,12-16,22H,8-11,17H2,1H3,(H,37,39,40). The molecule has 1 fully saturated rings. The van der Waals surface area contributed by atoms with Crippen LogP contribution in [0.1, 0.15) is 29.7 Å². The number of halogens is 4. The van der Waals surface area contributed by atoms with Gasteiger partial charge in [-0.1, -0.05) is 41.9 Å². The molecule has 1 N–H and O–H groups in total. The fourth-order valence-electron chi connectivity index (χ4n) is 5.19. The third kappa shape index (κ3) is 6.09. The van der Waals surface area contributed by atoms with E-state index in [-0.39, 0.29) is 40.3 Å². The van der Waals surface area contributed by atoms with Crippen molar-refractivity contribution >= 4 is 28.6 Å². The van der Waals surface area contributed by atoms with Gasteiger partial charge in [0.2, 0.25) is 5.95 Å². The van der Waals surface area contributed by atoms with Crippen molar-refractivity contribution in [3.8, 4) is 22.4 Å². The van der Waals surface area contributed by atoms with E-state index in [1.54, 1.807) is 42.9 Å². The van der Waals surface area contributed by atoms with Gasteiger partial charge < -0.3 is 10.1 Å². The Morgan fingerprint density at radius 1 is 1.02 bits per heavy atom. The Balaban J connectivity index is 1.49. The Hall–Kier alpha value is -4.35. The van der Waals surface area contributed by atoms with Gasteiger partial charge >= 0.3 is 6.18 Å². The summed E-state index contributed by atoms with van der Waals surface area (Å²) in [4.78, 5) is 31.8. The summed E-state index contributed by atoms with van der Waals surface area (Å²) in [5.41, 5.74) is 1.47. The zero-order valence-corrected chi connectivity index (χ0v) is 23.8. The number of benzene rings is 2. The molecule has 0 amide bonds. The van der Waals surface area contributed by atoms with Crippen molar-refractivity contribution in [3.63, 3.8) is 0 Å². The quantitative estimate of drug-likeness (QED) is 0.235. The van der Waals surface area contributed by atoms with E-state index < -0.39 is 17.3 Å². The van der Waals surface area contributed by atoms with Crippen molar-refractivity contribution in [2.45, 2.75) is 38.5 Å². The fourth-order valence-corrected chi connectivity index (χ4v) is 5.48. The van der Waals surface area contributed by atoms with Gasteiger partial charge in [-0.05, 0) is 43.5 Å². The number of ether oxygens (including phenoxy) is 1. The van der Waals surface area contributed by atoms with Crippen LogP contribution in [-0.2, 0) is 17.5 Å². The van der Waals surface area contributed by atoms with Gasteiger partial charge in [-0.15, -0.1) is 0 Å². The highest BCUT2D eigenvalue weighted by Crippen LogP contribution is 2.34. The van der Waals surface area contributed by atoms with E-state index in [4.69, 9.17) is 16.3 Å². The van der Waals surface area contributed by atoms with Gasteiger partial charge in [0.25, 0.3) is 5.56 Å². The molecule has 0 atom stereocenters. The molecule has 220 valence electrons. The van der Waals surface area contributed by atoms with Gasteiger partial charge in [0, 0.05) is 58.7 Å². The second-order valence-corrected chi connectivity index (χ2v) is 10.8. The summed E-state index contributed by atoms with van der Waals surface area (Å²) in [5, 5.41) is 4.02. The molecule has 0 saturated carbocycles. The maximum absolute atomic E-state index is 14.1. The van der Waals surface area contributed by atoms with Crippen molar-refractivity contribution in [2.75, 3.05) is 18.5 Å². The number of hydrogen-bond donors (Lipinski definition) is 1. The lowest BCUT2D eigenvalue weighted by molar-refractivity contribution is -0.138. The first-order valence-electron chi connectivity index (χ1n) is 13.7. The Morgan fingerprint density at radius 3 is 2.56 bits per heavy atom. The predicted molar refractivity (Wildman–Crippen MR) is 158 cm³/mol. The molecular weight excluding hydrogens is 581 g/mol. The van der Waals surface area contributed by atoms with Crippen LogP contribution in [0.2, 0.25) is 5.02 Å². The largest absolute Gasteiger partial charge is 0.416 e. The van der Waals surface area contributed by atoms with Crippen molar-refractivity contribution in [2.24, 2.45) is 0 Å². The lowest BCUT2D eigenvalue weighted by atomic mass is 10.0. The third-order valence-electron chi connectivity index (χ3n) is 7.34. The fraction of sp³-hybridized carbons (Fsp3) is 0.258. The summed E-state index contributed by atoms with van der Waals surface area (Å²) >= 11 is 6.71. The molecule has 3 aromatic heterocycles. The Morgan fingerprint density at radius 2 is 1.81 bits per heavy atom. The van der Waals surface area contributed by atoms with Crippen LogP contribution >= 0.6 is 11.6 Å². The maximum atomic E-state index is 14.1. The van der Waals surface area contributed by atoms with Gasteiger partial charge in [-0.2, -0.15) is 18.2 Å². The van der Waals surface area contributed by atoms with Gasteiger partial charge in [0.15, 0.2) is 0 Å². The highest BCUT2D eigenvalue weighted by Gasteiger charge is 2.33. The lowest BCUT2D eigenvalue weighted by Gasteiger charge is -2.23. The monoisotopic (exact) mass is 606 g/mol. The number of hydrogen-bond acceptors (Lipinski definition) is 7. The minimum absolute atomic E-state index is 0.0624. The Kier molecular flexibility index (Phi) is 7.85. The highest BCUT2D eigenvalue weighted by molar-refractivity contribution is 6.33. The van der Waals surface area contributed by atoms with Crippen molar-refractivity contribution in [1.82, 2.24) is 24.5 Å². The van der Waals surface area contributed by atoms with Crippen LogP contribution in [0.4, 0.5) is 19.1 Å². The normalized spacial score (nSPS) is 14.3. The summed E-state index contributed by atoms with van der Waals surface area (Å²) in [6.45, 7) is 2.67. The molecule has 0 bridgehead atoms. The maximum Gasteiger partial charge on any atom is 0.416 e. The molecule has 1 aliphatic heterocycles. The summed E-state index contributed by atoms with van der Waals surface area (Å²) in [5.74, 6) is 0.283. The average molecular weight is 607 g/mol. The second-order valence-electron chi connectivity index (χ2n) is 10.3. The SMILES string of the molecule is Cc1cncc(-c2ccc(-c3cc4cnc(NC5CCOCC5)nc4n(Cc4ccccc4C(F)(F)F)c3=O)c(Cl)c2)n1. The van der Waals surface area contributed by atoms with E-state index in [0.717, 1.165) is 24.6 Å². The first-order chi connectivity index (χ1) is 20.7. The molecule has 0 radical (unpaired) electrons. The number of anilines is 1. The van der Waals surface area contributed by atoms with Crippen molar-refractivity contribution in [1.29, 1.82) is 0 Å².